The minimum atomic E-state index is -4.53. The lowest BCUT2D eigenvalue weighted by atomic mass is 10.0. The lowest BCUT2D eigenvalue weighted by Crippen LogP contribution is -2.30. The predicted octanol–water partition coefficient (Wildman–Crippen LogP) is 3.89. The summed E-state index contributed by atoms with van der Waals surface area (Å²) in [4.78, 5) is 1.89. The summed E-state index contributed by atoms with van der Waals surface area (Å²) in [5, 5.41) is 0. The molecule has 24 heavy (non-hydrogen) atoms. The van der Waals surface area contributed by atoms with Gasteiger partial charge in [0, 0.05) is 18.3 Å². The van der Waals surface area contributed by atoms with Crippen molar-refractivity contribution >= 4 is 15.5 Å². The van der Waals surface area contributed by atoms with Crippen LogP contribution in [0, 0.1) is 0 Å². The van der Waals surface area contributed by atoms with Crippen molar-refractivity contribution in [1.29, 1.82) is 0 Å². The number of rotatable bonds is 5. The van der Waals surface area contributed by atoms with Crippen molar-refractivity contribution in [2.45, 2.75) is 36.0 Å². The Balaban J connectivity index is 1.78. The van der Waals surface area contributed by atoms with Crippen LogP contribution in [0.4, 0.5) is 14.5 Å². The van der Waals surface area contributed by atoms with Crippen LogP contribution < -0.4 is 4.90 Å². The number of hydrogen-bond donors (Lipinski definition) is 0. The van der Waals surface area contributed by atoms with E-state index in [9.17, 15) is 17.2 Å². The second-order valence-corrected chi connectivity index (χ2v) is 7.90. The SMILES string of the molecule is O=S(=O)(c1ccc(N2CCCC2Cc2ccccc2)cc1)C(F)F. The Bertz CT molecular complexity index is 776. The van der Waals surface area contributed by atoms with E-state index in [1.165, 1.54) is 17.7 Å². The lowest BCUT2D eigenvalue weighted by Gasteiger charge is -2.27. The number of sulfone groups is 1. The van der Waals surface area contributed by atoms with Crippen molar-refractivity contribution in [2.75, 3.05) is 11.4 Å². The number of halogens is 2. The van der Waals surface area contributed by atoms with Gasteiger partial charge in [-0.3, -0.25) is 0 Å². The Hall–Kier alpha value is -1.95. The van der Waals surface area contributed by atoms with Gasteiger partial charge < -0.3 is 4.90 Å². The van der Waals surface area contributed by atoms with Crippen LogP contribution in [0.25, 0.3) is 0 Å². The quantitative estimate of drug-likeness (QED) is 0.820. The van der Waals surface area contributed by atoms with Crippen LogP contribution in [0.5, 0.6) is 0 Å². The van der Waals surface area contributed by atoms with E-state index in [0.717, 1.165) is 31.5 Å². The zero-order chi connectivity index (χ0) is 17.2. The molecule has 0 saturated carbocycles. The molecule has 0 amide bonds. The second kappa shape index (κ2) is 6.89. The van der Waals surface area contributed by atoms with E-state index in [4.69, 9.17) is 0 Å². The zero-order valence-electron chi connectivity index (χ0n) is 13.1. The van der Waals surface area contributed by atoms with Gasteiger partial charge in [-0.15, -0.1) is 0 Å². The monoisotopic (exact) mass is 351 g/mol. The Labute approximate surface area is 140 Å². The van der Waals surface area contributed by atoms with E-state index in [1.807, 2.05) is 18.2 Å². The molecule has 0 bridgehead atoms. The highest BCUT2D eigenvalue weighted by atomic mass is 32.2. The molecule has 3 rings (SSSR count). The van der Waals surface area contributed by atoms with Crippen LogP contribution in [-0.2, 0) is 16.3 Å². The van der Waals surface area contributed by atoms with Gasteiger partial charge in [0.2, 0.25) is 9.84 Å². The number of benzene rings is 2. The molecule has 3 nitrogen and oxygen atoms in total. The van der Waals surface area contributed by atoms with Gasteiger partial charge in [-0.1, -0.05) is 30.3 Å². The molecule has 1 aliphatic heterocycles. The molecule has 0 aliphatic carbocycles. The largest absolute Gasteiger partial charge is 0.368 e. The van der Waals surface area contributed by atoms with Crippen molar-refractivity contribution in [3.8, 4) is 0 Å². The molecule has 1 saturated heterocycles. The van der Waals surface area contributed by atoms with Gasteiger partial charge in [0.15, 0.2) is 0 Å². The van der Waals surface area contributed by atoms with Gasteiger partial charge in [-0.25, -0.2) is 8.42 Å². The molecular weight excluding hydrogens is 332 g/mol. The number of hydrogen-bond acceptors (Lipinski definition) is 3. The standard InChI is InChI=1S/C18H19F2NO2S/c19-18(20)24(22,23)17-10-8-15(9-11-17)21-12-4-7-16(21)13-14-5-2-1-3-6-14/h1-3,5-6,8-11,16,18H,4,7,12-13H2. The van der Waals surface area contributed by atoms with Crippen LogP contribution >= 0.6 is 0 Å². The molecule has 2 aromatic rings. The van der Waals surface area contributed by atoms with Gasteiger partial charge in [0.1, 0.15) is 0 Å². The molecule has 1 unspecified atom stereocenters. The number of anilines is 1. The number of nitrogens with zero attached hydrogens (tertiary/aromatic N) is 1. The first kappa shape index (κ1) is 16.9. The summed E-state index contributed by atoms with van der Waals surface area (Å²) in [6.07, 6.45) is 3.04. The van der Waals surface area contributed by atoms with Crippen LogP contribution in [0.3, 0.4) is 0 Å². The maximum atomic E-state index is 12.6. The summed E-state index contributed by atoms with van der Waals surface area (Å²) < 4.78 is 48.2. The van der Waals surface area contributed by atoms with E-state index in [-0.39, 0.29) is 4.90 Å². The summed E-state index contributed by atoms with van der Waals surface area (Å²) in [5.41, 5.74) is 2.13. The smallest absolute Gasteiger partial charge is 0.341 e. The molecule has 128 valence electrons. The first-order valence-corrected chi connectivity index (χ1v) is 9.46. The van der Waals surface area contributed by atoms with Crippen LogP contribution in [0.2, 0.25) is 0 Å². The third kappa shape index (κ3) is 3.43. The normalized spacial score (nSPS) is 18.3. The Kier molecular flexibility index (Phi) is 4.85. The molecule has 0 radical (unpaired) electrons. The highest BCUT2D eigenvalue weighted by Gasteiger charge is 2.28. The highest BCUT2D eigenvalue weighted by molar-refractivity contribution is 7.91. The van der Waals surface area contributed by atoms with E-state index >= 15 is 0 Å². The van der Waals surface area contributed by atoms with Gasteiger partial charge in [-0.2, -0.15) is 8.78 Å². The molecule has 6 heteroatoms. The van der Waals surface area contributed by atoms with Crippen molar-refractivity contribution in [1.82, 2.24) is 0 Å². The molecule has 1 fully saturated rings. The number of alkyl halides is 2. The van der Waals surface area contributed by atoms with Gasteiger partial charge in [0.25, 0.3) is 0 Å². The third-order valence-electron chi connectivity index (χ3n) is 4.42. The molecule has 0 spiro atoms. The molecule has 1 aliphatic rings. The molecule has 2 aromatic carbocycles. The molecule has 0 aromatic heterocycles. The fraction of sp³-hybridized carbons (Fsp3) is 0.333. The second-order valence-electron chi connectivity index (χ2n) is 5.98. The maximum absolute atomic E-state index is 12.6. The van der Waals surface area contributed by atoms with Gasteiger partial charge in [-0.05, 0) is 49.1 Å². The molecule has 1 atom stereocenters. The minimum absolute atomic E-state index is 0.333. The summed E-state index contributed by atoms with van der Waals surface area (Å²) in [6, 6.07) is 16.3. The van der Waals surface area contributed by atoms with E-state index < -0.39 is 15.6 Å². The molecule has 1 heterocycles. The van der Waals surface area contributed by atoms with Crippen molar-refractivity contribution in [3.63, 3.8) is 0 Å². The van der Waals surface area contributed by atoms with E-state index in [0.29, 0.717) is 6.04 Å². The summed E-state index contributed by atoms with van der Waals surface area (Å²) in [5.74, 6) is -3.39. The van der Waals surface area contributed by atoms with Crippen LogP contribution in [0.15, 0.2) is 59.5 Å². The molecule has 0 N–H and O–H groups in total. The Morgan fingerprint density at radius 2 is 1.71 bits per heavy atom. The van der Waals surface area contributed by atoms with Gasteiger partial charge in [0.05, 0.1) is 4.90 Å². The summed E-state index contributed by atoms with van der Waals surface area (Å²) in [6.45, 7) is 0.887. The predicted molar refractivity (Wildman–Crippen MR) is 90.1 cm³/mol. The molecular formula is C18H19F2NO2S. The topological polar surface area (TPSA) is 37.4 Å². The minimum Gasteiger partial charge on any atom is -0.368 e. The third-order valence-corrected chi connectivity index (χ3v) is 5.82. The highest BCUT2D eigenvalue weighted by Crippen LogP contribution is 2.29. The lowest BCUT2D eigenvalue weighted by molar-refractivity contribution is 0.234. The van der Waals surface area contributed by atoms with Crippen LogP contribution in [-0.4, -0.2) is 26.8 Å². The fourth-order valence-electron chi connectivity index (χ4n) is 3.20. The fourth-order valence-corrected chi connectivity index (χ4v) is 3.93. The summed E-state index contributed by atoms with van der Waals surface area (Å²) >= 11 is 0. The van der Waals surface area contributed by atoms with Crippen molar-refractivity contribution in [2.24, 2.45) is 0 Å². The Morgan fingerprint density at radius 1 is 1.04 bits per heavy atom. The average Bonchev–Trinajstić information content (AvgIpc) is 3.04. The Morgan fingerprint density at radius 3 is 2.33 bits per heavy atom. The van der Waals surface area contributed by atoms with E-state index in [2.05, 4.69) is 17.0 Å². The van der Waals surface area contributed by atoms with Crippen LogP contribution in [0.1, 0.15) is 18.4 Å². The van der Waals surface area contributed by atoms with Crippen molar-refractivity contribution < 1.29 is 17.2 Å². The summed E-state index contributed by atoms with van der Waals surface area (Å²) in [7, 11) is -4.53. The maximum Gasteiger partial charge on any atom is 0.341 e. The zero-order valence-corrected chi connectivity index (χ0v) is 13.9. The first-order chi connectivity index (χ1) is 11.5. The van der Waals surface area contributed by atoms with E-state index in [1.54, 1.807) is 12.1 Å². The first-order valence-electron chi connectivity index (χ1n) is 7.91. The average molecular weight is 351 g/mol. The van der Waals surface area contributed by atoms with Crippen molar-refractivity contribution in [3.05, 3.63) is 60.2 Å². The van der Waals surface area contributed by atoms with Gasteiger partial charge >= 0.3 is 5.76 Å².